The van der Waals surface area contributed by atoms with Gasteiger partial charge in [0.2, 0.25) is 5.91 Å². The van der Waals surface area contributed by atoms with Crippen LogP contribution in [-0.4, -0.2) is 49.5 Å². The number of rotatable bonds is 8. The van der Waals surface area contributed by atoms with Gasteiger partial charge in [-0.3, -0.25) is 9.59 Å². The zero-order valence-electron chi connectivity index (χ0n) is 16.5. The van der Waals surface area contributed by atoms with E-state index in [1.54, 1.807) is 49.4 Å². The van der Waals surface area contributed by atoms with Gasteiger partial charge in [-0.1, -0.05) is 17.7 Å². The first-order valence-electron chi connectivity index (χ1n) is 8.99. The maximum absolute atomic E-state index is 12.3. The lowest BCUT2D eigenvalue weighted by Crippen LogP contribution is -2.40. The number of aryl methyl sites for hydroxylation is 1. The van der Waals surface area contributed by atoms with Gasteiger partial charge in [-0.05, 0) is 55.8 Å². The van der Waals surface area contributed by atoms with E-state index in [1.165, 1.54) is 12.0 Å². The number of ether oxygens (including phenoxy) is 2. The van der Waals surface area contributed by atoms with Crippen LogP contribution in [0.3, 0.4) is 0 Å². The third-order valence-corrected chi connectivity index (χ3v) is 4.43. The number of carbonyl (C=O) groups excluding carboxylic acids is 3. The van der Waals surface area contributed by atoms with Gasteiger partial charge >= 0.3 is 5.97 Å². The fourth-order valence-corrected chi connectivity index (χ4v) is 2.67. The summed E-state index contributed by atoms with van der Waals surface area (Å²) < 4.78 is 10.1. The van der Waals surface area contributed by atoms with E-state index < -0.39 is 18.5 Å². The van der Waals surface area contributed by atoms with Gasteiger partial charge in [-0.2, -0.15) is 0 Å². The largest absolute Gasteiger partial charge is 0.497 e. The summed E-state index contributed by atoms with van der Waals surface area (Å²) in [4.78, 5) is 38.0. The summed E-state index contributed by atoms with van der Waals surface area (Å²) in [6.45, 7) is 3.25. The number of hydrogen-bond acceptors (Lipinski definition) is 5. The van der Waals surface area contributed by atoms with E-state index >= 15 is 0 Å². The first kappa shape index (κ1) is 22.2. The average molecular weight is 419 g/mol. The minimum Gasteiger partial charge on any atom is -0.497 e. The van der Waals surface area contributed by atoms with Crippen molar-refractivity contribution in [1.82, 2.24) is 4.90 Å². The Morgan fingerprint density at radius 3 is 2.41 bits per heavy atom. The van der Waals surface area contributed by atoms with E-state index in [4.69, 9.17) is 21.1 Å². The highest BCUT2D eigenvalue weighted by atomic mass is 35.5. The van der Waals surface area contributed by atoms with Crippen molar-refractivity contribution in [3.05, 3.63) is 58.6 Å². The average Bonchev–Trinajstić information content (AvgIpc) is 2.72. The molecule has 7 nitrogen and oxygen atoms in total. The van der Waals surface area contributed by atoms with Gasteiger partial charge < -0.3 is 19.7 Å². The van der Waals surface area contributed by atoms with Crippen LogP contribution in [0.5, 0.6) is 5.75 Å². The number of methoxy groups -OCH3 is 1. The van der Waals surface area contributed by atoms with Gasteiger partial charge in [0.05, 0.1) is 19.2 Å². The van der Waals surface area contributed by atoms with Crippen molar-refractivity contribution in [1.29, 1.82) is 0 Å². The molecule has 154 valence electrons. The van der Waals surface area contributed by atoms with Crippen LogP contribution in [0.25, 0.3) is 0 Å². The van der Waals surface area contributed by atoms with E-state index in [-0.39, 0.29) is 12.5 Å². The summed E-state index contributed by atoms with van der Waals surface area (Å²) in [6, 6.07) is 11.5. The molecule has 8 heteroatoms. The van der Waals surface area contributed by atoms with E-state index in [0.29, 0.717) is 28.6 Å². The third kappa shape index (κ3) is 6.50. The SMILES string of the molecule is CCN(CC(=O)Nc1cc(Cl)ccc1C)C(=O)COC(=O)c1ccc(OC)cc1. The molecule has 0 aliphatic heterocycles. The van der Waals surface area contributed by atoms with E-state index in [0.717, 1.165) is 5.56 Å². The van der Waals surface area contributed by atoms with Crippen molar-refractivity contribution in [3.63, 3.8) is 0 Å². The van der Waals surface area contributed by atoms with Crippen molar-refractivity contribution >= 4 is 35.1 Å². The molecule has 0 heterocycles. The molecule has 2 rings (SSSR count). The normalized spacial score (nSPS) is 10.2. The molecular weight excluding hydrogens is 396 g/mol. The van der Waals surface area contributed by atoms with E-state index in [9.17, 15) is 14.4 Å². The summed E-state index contributed by atoms with van der Waals surface area (Å²) in [5.74, 6) is -0.855. The highest BCUT2D eigenvalue weighted by Crippen LogP contribution is 2.20. The number of likely N-dealkylation sites (N-methyl/N-ethyl adjacent to an activating group) is 1. The molecule has 2 aromatic rings. The molecule has 0 saturated heterocycles. The number of anilines is 1. The monoisotopic (exact) mass is 418 g/mol. The molecule has 29 heavy (non-hydrogen) atoms. The zero-order valence-corrected chi connectivity index (χ0v) is 17.3. The smallest absolute Gasteiger partial charge is 0.338 e. The van der Waals surface area contributed by atoms with Gasteiger partial charge in [0.1, 0.15) is 5.75 Å². The number of nitrogens with zero attached hydrogens (tertiary/aromatic N) is 1. The molecular formula is C21H23ClN2O5. The predicted molar refractivity (Wildman–Crippen MR) is 110 cm³/mol. The van der Waals surface area contributed by atoms with E-state index in [2.05, 4.69) is 5.32 Å². The Kier molecular flexibility index (Phi) is 8.03. The Morgan fingerprint density at radius 1 is 1.10 bits per heavy atom. The van der Waals surface area contributed by atoms with Gasteiger partial charge in [-0.15, -0.1) is 0 Å². The number of amides is 2. The standard InChI is InChI=1S/C21H23ClN2O5/c1-4-24(12-19(25)23-18-11-16(22)8-5-14(18)2)20(26)13-29-21(27)15-6-9-17(28-3)10-7-15/h5-11H,4,12-13H2,1-3H3,(H,23,25). The molecule has 2 amide bonds. The van der Waals surface area contributed by atoms with Gasteiger partial charge in [-0.25, -0.2) is 4.79 Å². The second kappa shape index (κ2) is 10.5. The predicted octanol–water partition coefficient (Wildman–Crippen LogP) is 3.30. The van der Waals surface area contributed by atoms with Crippen LogP contribution >= 0.6 is 11.6 Å². The van der Waals surface area contributed by atoms with E-state index in [1.807, 2.05) is 6.92 Å². The van der Waals surface area contributed by atoms with Crippen molar-refractivity contribution in [2.45, 2.75) is 13.8 Å². The Bertz CT molecular complexity index is 883. The number of carbonyl (C=O) groups is 3. The Labute approximate surface area is 174 Å². The van der Waals surface area contributed by atoms with Crippen molar-refractivity contribution < 1.29 is 23.9 Å². The van der Waals surface area contributed by atoms with Crippen LogP contribution in [0.2, 0.25) is 5.02 Å². The van der Waals surface area contributed by atoms with Crippen LogP contribution < -0.4 is 10.1 Å². The number of benzene rings is 2. The highest BCUT2D eigenvalue weighted by Gasteiger charge is 2.18. The molecule has 0 fully saturated rings. The van der Waals surface area contributed by atoms with Crippen molar-refractivity contribution in [2.75, 3.05) is 32.1 Å². The third-order valence-electron chi connectivity index (χ3n) is 4.20. The topological polar surface area (TPSA) is 84.9 Å². The lowest BCUT2D eigenvalue weighted by Gasteiger charge is -2.20. The quantitative estimate of drug-likeness (QED) is 0.665. The van der Waals surface area contributed by atoms with Crippen LogP contribution in [0.15, 0.2) is 42.5 Å². The fourth-order valence-electron chi connectivity index (χ4n) is 2.50. The molecule has 0 aliphatic rings. The van der Waals surface area contributed by atoms with Gasteiger partial charge in [0, 0.05) is 17.3 Å². The lowest BCUT2D eigenvalue weighted by atomic mass is 10.2. The molecule has 0 aromatic heterocycles. The lowest BCUT2D eigenvalue weighted by molar-refractivity contribution is -0.137. The molecule has 0 atom stereocenters. The minimum atomic E-state index is -0.629. The summed E-state index contributed by atoms with van der Waals surface area (Å²) in [6.07, 6.45) is 0. The molecule has 1 N–H and O–H groups in total. The molecule has 0 radical (unpaired) electrons. The number of hydrogen-bond donors (Lipinski definition) is 1. The van der Waals surface area contributed by atoms with Crippen molar-refractivity contribution in [2.24, 2.45) is 0 Å². The fraction of sp³-hybridized carbons (Fsp3) is 0.286. The second-order valence-electron chi connectivity index (χ2n) is 6.22. The Hall–Kier alpha value is -3.06. The first-order valence-corrected chi connectivity index (χ1v) is 9.36. The maximum atomic E-state index is 12.3. The van der Waals surface area contributed by atoms with Crippen LogP contribution in [0, 0.1) is 6.92 Å². The Balaban J connectivity index is 1.89. The van der Waals surface area contributed by atoms with Crippen LogP contribution in [-0.2, 0) is 14.3 Å². The van der Waals surface area contributed by atoms with Crippen molar-refractivity contribution in [3.8, 4) is 5.75 Å². The van der Waals surface area contributed by atoms with Gasteiger partial charge in [0.15, 0.2) is 6.61 Å². The van der Waals surface area contributed by atoms with Gasteiger partial charge in [0.25, 0.3) is 5.91 Å². The minimum absolute atomic E-state index is 0.165. The maximum Gasteiger partial charge on any atom is 0.338 e. The molecule has 0 saturated carbocycles. The molecule has 0 aliphatic carbocycles. The van der Waals surface area contributed by atoms with Crippen LogP contribution in [0.4, 0.5) is 5.69 Å². The molecule has 0 bridgehead atoms. The number of nitrogens with one attached hydrogen (secondary N) is 1. The van der Waals surface area contributed by atoms with Crippen LogP contribution in [0.1, 0.15) is 22.8 Å². The number of esters is 1. The summed E-state index contributed by atoms with van der Waals surface area (Å²) in [5, 5.41) is 3.24. The summed E-state index contributed by atoms with van der Waals surface area (Å²) >= 11 is 5.95. The molecule has 2 aromatic carbocycles. The Morgan fingerprint density at radius 2 is 1.79 bits per heavy atom. The molecule has 0 spiro atoms. The first-order chi connectivity index (χ1) is 13.8. The zero-order chi connectivity index (χ0) is 21.4. The highest BCUT2D eigenvalue weighted by molar-refractivity contribution is 6.31. The number of halogens is 1. The second-order valence-corrected chi connectivity index (χ2v) is 6.66. The summed E-state index contributed by atoms with van der Waals surface area (Å²) in [7, 11) is 1.52. The summed E-state index contributed by atoms with van der Waals surface area (Å²) in [5.41, 5.74) is 1.73. The molecule has 0 unspecified atom stereocenters.